The van der Waals surface area contributed by atoms with E-state index in [0.29, 0.717) is 89.7 Å². The highest BCUT2D eigenvalue weighted by Crippen LogP contribution is 2.21. The van der Waals surface area contributed by atoms with E-state index in [0.717, 1.165) is 0 Å². The van der Waals surface area contributed by atoms with Crippen molar-refractivity contribution >= 4 is 65.0 Å². The van der Waals surface area contributed by atoms with E-state index in [1.54, 1.807) is 0 Å². The van der Waals surface area contributed by atoms with Crippen LogP contribution in [0.1, 0.15) is 115 Å². The van der Waals surface area contributed by atoms with Crippen LogP contribution in [0.2, 0.25) is 0 Å². The van der Waals surface area contributed by atoms with Crippen LogP contribution in [-0.4, -0.2) is 211 Å². The molecule has 1 saturated heterocycles. The molecule has 0 radical (unpaired) electrons. The number of aliphatic hydroxyl groups is 1. The van der Waals surface area contributed by atoms with Gasteiger partial charge in [-0.15, -0.1) is 0 Å². The number of aromatic nitrogens is 2. The van der Waals surface area contributed by atoms with Crippen LogP contribution in [-0.2, 0) is 54.4 Å². The number of carbonyl (C=O) groups is 10. The number of unbranched alkanes of at least 4 members (excludes halogenated alkanes) is 4. The van der Waals surface area contributed by atoms with Gasteiger partial charge in [0.25, 0.3) is 5.91 Å². The molecule has 498 valence electrons. The maximum absolute atomic E-state index is 14.5. The summed E-state index contributed by atoms with van der Waals surface area (Å²) in [5.74, 6) is -7.95. The van der Waals surface area contributed by atoms with Gasteiger partial charge in [-0.1, -0.05) is 12.5 Å². The molecule has 34 heteroatoms. The molecule has 88 heavy (non-hydrogen) atoms. The zero-order valence-corrected chi connectivity index (χ0v) is 50.6. The van der Waals surface area contributed by atoms with Crippen molar-refractivity contribution in [3.63, 3.8) is 0 Å². The van der Waals surface area contributed by atoms with Gasteiger partial charge in [0.2, 0.25) is 53.2 Å². The Balaban J connectivity index is 2.36. The molecule has 9 atom stereocenters. The highest BCUT2D eigenvalue weighted by atomic mass is 16.3. The Kier molecular flexibility index (Phi) is 38.4. The number of amides is 10. The normalized spacial score (nSPS) is 15.8. The smallest absolute Gasteiger partial charge is 0.268 e. The summed E-state index contributed by atoms with van der Waals surface area (Å²) in [4.78, 5) is 151. The van der Waals surface area contributed by atoms with Crippen LogP contribution in [0.5, 0.6) is 0 Å². The third kappa shape index (κ3) is 29.0. The van der Waals surface area contributed by atoms with Crippen molar-refractivity contribution in [1.82, 2.24) is 62.7 Å². The highest BCUT2D eigenvalue weighted by Gasteiger charge is 2.40. The van der Waals surface area contributed by atoms with Crippen molar-refractivity contribution in [1.29, 1.82) is 0 Å². The Morgan fingerprint density at radius 1 is 0.636 bits per heavy atom. The van der Waals surface area contributed by atoms with Crippen LogP contribution in [0.4, 0.5) is 0 Å². The van der Waals surface area contributed by atoms with Crippen LogP contribution in [0, 0.1) is 0 Å². The zero-order valence-electron chi connectivity index (χ0n) is 50.6. The molecule has 31 N–H and O–H groups in total. The minimum atomic E-state index is -1.61. The second-order valence-corrected chi connectivity index (χ2v) is 21.3. The lowest BCUT2D eigenvalue weighted by atomic mass is 10.0. The Morgan fingerprint density at radius 2 is 1.23 bits per heavy atom. The summed E-state index contributed by atoms with van der Waals surface area (Å²) in [5, 5.41) is 34.0. The molecule has 0 aromatic carbocycles. The molecular formula is C54H101N23O11. The Bertz CT molecular complexity index is 2380. The molecule has 0 spiro atoms. The lowest BCUT2D eigenvalue weighted by Crippen LogP contribution is -2.61. The van der Waals surface area contributed by atoms with Gasteiger partial charge in [0.05, 0.1) is 25.0 Å². The molecular weight excluding hydrogens is 1150 g/mol. The molecule has 1 aliphatic rings. The van der Waals surface area contributed by atoms with Gasteiger partial charge >= 0.3 is 0 Å². The van der Waals surface area contributed by atoms with Crippen LogP contribution in [0.15, 0.2) is 29.3 Å². The summed E-state index contributed by atoms with van der Waals surface area (Å²) in [7, 11) is 0. The molecule has 1 aliphatic heterocycles. The van der Waals surface area contributed by atoms with Gasteiger partial charge in [0.15, 0.2) is 5.96 Å². The van der Waals surface area contributed by atoms with E-state index in [1.165, 1.54) is 23.5 Å². The van der Waals surface area contributed by atoms with Crippen molar-refractivity contribution < 1.29 is 53.1 Å². The number of H-pyrrole nitrogens is 1. The minimum absolute atomic E-state index is 0.0204. The summed E-state index contributed by atoms with van der Waals surface area (Å²) in [6.45, 7) is 0.709. The van der Waals surface area contributed by atoms with E-state index in [-0.39, 0.29) is 102 Å². The zero-order chi connectivity index (χ0) is 65.4. The van der Waals surface area contributed by atoms with E-state index >= 15 is 0 Å². The van der Waals surface area contributed by atoms with Crippen LogP contribution < -0.4 is 105 Å². The van der Waals surface area contributed by atoms with E-state index in [2.05, 4.69) is 62.8 Å². The lowest BCUT2D eigenvalue weighted by molar-refractivity contribution is -0.142. The van der Waals surface area contributed by atoms with Gasteiger partial charge in [0, 0.05) is 44.5 Å². The topological polar surface area (TPSA) is 604 Å². The maximum atomic E-state index is 14.5. The number of nitrogens with zero attached hydrogens (tertiary/aromatic N) is 3. The number of nitrogens with one attached hydrogen (secondary N) is 10. The molecule has 10 amide bonds. The summed E-state index contributed by atoms with van der Waals surface area (Å²) in [6, 6.07) is -10.1. The average Bonchev–Trinajstić information content (AvgIpc) is 3.66. The summed E-state index contributed by atoms with van der Waals surface area (Å²) in [5.41, 5.74) is 57.1. The number of rotatable bonds is 46. The molecule has 0 unspecified atom stereocenters. The number of aromatic amines is 1. The van der Waals surface area contributed by atoms with E-state index in [1.807, 2.05) is 0 Å². The van der Waals surface area contributed by atoms with Crippen molar-refractivity contribution in [3.05, 3.63) is 30.0 Å². The number of guanidine groups is 1. The van der Waals surface area contributed by atoms with Gasteiger partial charge in [-0.05, 0) is 142 Å². The predicted molar refractivity (Wildman–Crippen MR) is 328 cm³/mol. The quantitative estimate of drug-likeness (QED) is 0.0125. The molecule has 0 bridgehead atoms. The second-order valence-electron chi connectivity index (χ2n) is 21.3. The van der Waals surface area contributed by atoms with Gasteiger partial charge < -0.3 is 120 Å². The first-order chi connectivity index (χ1) is 42.2. The standard InChI is InChI=1S/C54H101N23O11/c55-19-4-1-12-34(62)45(80)76-44(42(78)29-61)52(87)74-38(18-24-60)47(82)68-31-43(79)70-39(15-9-23-59)53(88)77-27-11-17-41(77)51(86)75-40(28-33-30-65-32-69-33)50(85)73-36(14-3-6-21-57)48(83)72-37(16-10-26-67-54(63)64)49(84)71-35(13-2-5-20-56)46(81)66-25-8-7-22-58/h16,30,32,34-36,38-42,44,78H,1-15,17-29,31,55-62H2,(H,65,69)(H,66,81)(H,68,82)(H,70,79)(H,71,84)(H,72,83)(H,73,85)(H,74,87)(H,75,86)(H,76,80)(H4,63,64,67)/b37-16-/t34-,35-,36-,38-,39+,40-,41-,42-,44-/m0/s1. The first-order valence-corrected chi connectivity index (χ1v) is 30.3. The fourth-order valence-electron chi connectivity index (χ4n) is 9.24. The van der Waals surface area contributed by atoms with Crippen LogP contribution >= 0.6 is 0 Å². The van der Waals surface area contributed by atoms with Gasteiger partial charge in [0.1, 0.15) is 48.0 Å². The maximum Gasteiger partial charge on any atom is 0.268 e. The predicted octanol–water partition coefficient (Wildman–Crippen LogP) is -8.39. The molecule has 1 fully saturated rings. The number of likely N-dealkylation sites (tertiary alicyclic amines) is 1. The van der Waals surface area contributed by atoms with E-state index in [4.69, 9.17) is 57.3 Å². The number of imidazole rings is 1. The lowest BCUT2D eigenvalue weighted by Gasteiger charge is -2.30. The van der Waals surface area contributed by atoms with Crippen molar-refractivity contribution in [2.45, 2.75) is 170 Å². The van der Waals surface area contributed by atoms with Crippen LogP contribution in [0.25, 0.3) is 0 Å². The molecule has 1 aromatic rings. The summed E-state index contributed by atoms with van der Waals surface area (Å²) < 4.78 is 0. The van der Waals surface area contributed by atoms with Gasteiger partial charge in [-0.25, -0.2) is 4.98 Å². The first-order valence-electron chi connectivity index (χ1n) is 30.3. The SMILES string of the molecule is NCCCCNC(=O)[C@H](CCCCN)NC(=O)/C(=C/CCN=C(N)N)NC(=O)[C@H](CCCCN)NC(=O)[C@H](Cc1cnc[nH]1)NC(=O)[C@@H]1CCCN1C(=O)[C@@H](CCCN)NC(=O)CNC(=O)[C@H](CCN)NC(=O)[C@@H](NC(=O)[C@@H](N)CCCCN)[C@@H](O)CN. The largest absolute Gasteiger partial charge is 0.389 e. The Morgan fingerprint density at radius 3 is 1.83 bits per heavy atom. The minimum Gasteiger partial charge on any atom is -0.389 e. The number of aliphatic imine (C=N–C) groups is 1. The fourth-order valence-corrected chi connectivity index (χ4v) is 9.24. The first kappa shape index (κ1) is 76.7. The average molecular weight is 1250 g/mol. The Labute approximate surface area is 513 Å². The van der Waals surface area contributed by atoms with Gasteiger partial charge in [-0.2, -0.15) is 0 Å². The summed E-state index contributed by atoms with van der Waals surface area (Å²) in [6.07, 6.45) is 7.92. The number of hydrogen-bond acceptors (Lipinski definition) is 21. The number of nitrogens with two attached hydrogens (primary N) is 10. The molecule has 2 rings (SSSR count). The summed E-state index contributed by atoms with van der Waals surface area (Å²) >= 11 is 0. The number of hydrogen-bond donors (Lipinski definition) is 21. The van der Waals surface area contributed by atoms with Crippen molar-refractivity contribution in [3.8, 4) is 0 Å². The molecule has 1 aromatic heterocycles. The number of carbonyl (C=O) groups excluding carboxylic acids is 10. The third-order valence-corrected chi connectivity index (χ3v) is 14.2. The molecule has 2 heterocycles. The highest BCUT2D eigenvalue weighted by molar-refractivity contribution is 6.02. The number of aliphatic hydroxyl groups excluding tert-OH is 1. The molecule has 34 nitrogen and oxygen atoms in total. The Hall–Kier alpha value is -7.44. The van der Waals surface area contributed by atoms with Crippen molar-refractivity contribution in [2.24, 2.45) is 62.3 Å². The second kappa shape index (κ2) is 44.1. The van der Waals surface area contributed by atoms with Crippen molar-refractivity contribution in [2.75, 3.05) is 72.0 Å². The van der Waals surface area contributed by atoms with E-state index in [9.17, 15) is 53.1 Å². The third-order valence-electron chi connectivity index (χ3n) is 14.2. The molecule has 0 aliphatic carbocycles. The van der Waals surface area contributed by atoms with Gasteiger partial charge in [-0.3, -0.25) is 52.9 Å². The molecule has 0 saturated carbocycles. The fraction of sp³-hybridized carbons (Fsp3) is 0.704. The monoisotopic (exact) mass is 1250 g/mol. The van der Waals surface area contributed by atoms with E-state index < -0.39 is 127 Å². The van der Waals surface area contributed by atoms with Crippen LogP contribution in [0.3, 0.4) is 0 Å².